The zero-order chi connectivity index (χ0) is 12.3. The maximum absolute atomic E-state index is 11.3. The van der Waals surface area contributed by atoms with Crippen molar-refractivity contribution in [2.45, 2.75) is 20.0 Å². The van der Waals surface area contributed by atoms with E-state index in [1.54, 1.807) is 6.21 Å². The van der Waals surface area contributed by atoms with Crippen LogP contribution in [0.1, 0.15) is 18.9 Å². The number of carbonyl (C=O) groups is 1. The summed E-state index contributed by atoms with van der Waals surface area (Å²) in [6.07, 6.45) is 2.14. The van der Waals surface area contributed by atoms with Gasteiger partial charge in [0.15, 0.2) is 0 Å². The number of benzene rings is 1. The molecule has 0 aliphatic heterocycles. The zero-order valence-electron chi connectivity index (χ0n) is 10.1. The van der Waals surface area contributed by atoms with Gasteiger partial charge in [0.1, 0.15) is 6.61 Å². The van der Waals surface area contributed by atoms with E-state index in [0.29, 0.717) is 13.2 Å². The summed E-state index contributed by atoms with van der Waals surface area (Å²) in [5.74, 6) is 0. The Morgan fingerprint density at radius 2 is 2.18 bits per heavy atom. The number of ether oxygens (including phenoxy) is 1. The zero-order valence-corrected chi connectivity index (χ0v) is 10.1. The summed E-state index contributed by atoms with van der Waals surface area (Å²) in [5, 5.41) is 2.66. The van der Waals surface area contributed by atoms with Crippen LogP contribution in [0.15, 0.2) is 35.3 Å². The van der Waals surface area contributed by atoms with Gasteiger partial charge in [0, 0.05) is 19.3 Å². The van der Waals surface area contributed by atoms with Gasteiger partial charge in [-0.2, -0.15) is 0 Å². The summed E-state index contributed by atoms with van der Waals surface area (Å²) in [5.41, 5.74) is 0.982. The molecule has 1 rings (SSSR count). The maximum Gasteiger partial charge on any atom is 0.407 e. The molecular formula is C13H18N2O2. The predicted octanol–water partition coefficient (Wildman–Crippen LogP) is 2.39. The van der Waals surface area contributed by atoms with Crippen LogP contribution in [0, 0.1) is 0 Å². The Bertz CT molecular complexity index is 350. The molecule has 1 aromatic carbocycles. The molecule has 0 heterocycles. The first kappa shape index (κ1) is 13.2. The van der Waals surface area contributed by atoms with Gasteiger partial charge in [0.25, 0.3) is 0 Å². The van der Waals surface area contributed by atoms with Crippen molar-refractivity contribution < 1.29 is 9.53 Å². The summed E-state index contributed by atoms with van der Waals surface area (Å²) < 4.78 is 5.04. The molecule has 0 aliphatic carbocycles. The van der Waals surface area contributed by atoms with Gasteiger partial charge in [0.2, 0.25) is 0 Å². The van der Waals surface area contributed by atoms with Gasteiger partial charge in [-0.25, -0.2) is 4.79 Å². The highest BCUT2D eigenvalue weighted by molar-refractivity contribution is 5.68. The van der Waals surface area contributed by atoms with Crippen LogP contribution in [-0.2, 0) is 11.3 Å². The standard InChI is InChI=1S/C13H18N2O2/c1-2-14-9-6-10-15-13(16)17-11-12-7-4-3-5-8-12/h3-5,7-9H,2,6,10-11H2,1H3,(H,15,16). The van der Waals surface area contributed by atoms with Gasteiger partial charge in [-0.1, -0.05) is 30.3 Å². The van der Waals surface area contributed by atoms with Crippen molar-refractivity contribution in [1.82, 2.24) is 5.32 Å². The predicted molar refractivity (Wildman–Crippen MR) is 68.3 cm³/mol. The van der Waals surface area contributed by atoms with Crippen LogP contribution in [0.25, 0.3) is 0 Å². The molecule has 0 atom stereocenters. The Labute approximate surface area is 102 Å². The molecule has 0 saturated carbocycles. The first-order valence-electron chi connectivity index (χ1n) is 5.75. The number of hydrogen-bond acceptors (Lipinski definition) is 3. The van der Waals surface area contributed by atoms with Gasteiger partial charge in [-0.15, -0.1) is 0 Å². The molecule has 0 aromatic heterocycles. The molecule has 1 aromatic rings. The normalized spacial score (nSPS) is 10.4. The molecule has 0 aliphatic rings. The molecule has 17 heavy (non-hydrogen) atoms. The first-order valence-corrected chi connectivity index (χ1v) is 5.75. The molecule has 1 amide bonds. The molecule has 92 valence electrons. The van der Waals surface area contributed by atoms with Crippen molar-refractivity contribution in [1.29, 1.82) is 0 Å². The van der Waals surface area contributed by atoms with Crippen molar-refractivity contribution in [3.8, 4) is 0 Å². The van der Waals surface area contributed by atoms with Crippen molar-refractivity contribution in [2.24, 2.45) is 4.99 Å². The van der Waals surface area contributed by atoms with Crippen LogP contribution in [0.4, 0.5) is 4.79 Å². The third-order valence-corrected chi connectivity index (χ3v) is 2.07. The van der Waals surface area contributed by atoms with E-state index < -0.39 is 6.09 Å². The fourth-order valence-electron chi connectivity index (χ4n) is 1.23. The summed E-state index contributed by atoms with van der Waals surface area (Å²) >= 11 is 0. The second-order valence-corrected chi connectivity index (χ2v) is 3.46. The highest BCUT2D eigenvalue weighted by Crippen LogP contribution is 2.00. The van der Waals surface area contributed by atoms with Crippen molar-refractivity contribution in [3.63, 3.8) is 0 Å². The number of amides is 1. The Kier molecular flexibility index (Phi) is 6.48. The van der Waals surface area contributed by atoms with E-state index in [1.807, 2.05) is 37.3 Å². The van der Waals surface area contributed by atoms with Crippen molar-refractivity contribution >= 4 is 12.3 Å². The van der Waals surface area contributed by atoms with E-state index in [0.717, 1.165) is 18.5 Å². The van der Waals surface area contributed by atoms with Gasteiger partial charge in [0.05, 0.1) is 0 Å². The third-order valence-electron chi connectivity index (χ3n) is 2.07. The summed E-state index contributed by atoms with van der Waals surface area (Å²) in [6.45, 7) is 3.60. The van der Waals surface area contributed by atoms with Gasteiger partial charge in [-0.3, -0.25) is 4.99 Å². The van der Waals surface area contributed by atoms with E-state index in [9.17, 15) is 4.79 Å². The lowest BCUT2D eigenvalue weighted by atomic mass is 10.2. The van der Waals surface area contributed by atoms with E-state index in [2.05, 4.69) is 10.3 Å². The van der Waals surface area contributed by atoms with Gasteiger partial charge in [-0.05, 0) is 18.9 Å². The molecule has 0 spiro atoms. The molecule has 0 fully saturated rings. The molecular weight excluding hydrogens is 216 g/mol. The quantitative estimate of drug-likeness (QED) is 0.607. The lowest BCUT2D eigenvalue weighted by molar-refractivity contribution is 0.140. The lowest BCUT2D eigenvalue weighted by Crippen LogP contribution is -2.25. The highest BCUT2D eigenvalue weighted by atomic mass is 16.5. The number of aliphatic imine (C=N–C) groups is 1. The van der Waals surface area contributed by atoms with E-state index in [1.165, 1.54) is 0 Å². The molecule has 0 radical (unpaired) electrons. The minimum Gasteiger partial charge on any atom is -0.445 e. The SMILES string of the molecule is CCN=CCCNC(=O)OCc1ccccc1. The second-order valence-electron chi connectivity index (χ2n) is 3.46. The third kappa shape index (κ3) is 6.35. The van der Waals surface area contributed by atoms with E-state index >= 15 is 0 Å². The smallest absolute Gasteiger partial charge is 0.407 e. The maximum atomic E-state index is 11.3. The molecule has 4 nitrogen and oxygen atoms in total. The fraction of sp³-hybridized carbons (Fsp3) is 0.385. The number of rotatable bonds is 6. The minimum absolute atomic E-state index is 0.301. The highest BCUT2D eigenvalue weighted by Gasteiger charge is 2.00. The van der Waals surface area contributed by atoms with Crippen LogP contribution < -0.4 is 5.32 Å². The summed E-state index contributed by atoms with van der Waals surface area (Å²) in [6, 6.07) is 9.59. The topological polar surface area (TPSA) is 50.7 Å². The Balaban J connectivity index is 2.11. The monoisotopic (exact) mass is 234 g/mol. The second kappa shape index (κ2) is 8.33. The molecule has 0 saturated heterocycles. The minimum atomic E-state index is -0.390. The number of nitrogens with one attached hydrogen (secondary N) is 1. The number of carbonyl (C=O) groups excluding carboxylic acids is 1. The van der Waals surface area contributed by atoms with Gasteiger partial charge >= 0.3 is 6.09 Å². The van der Waals surface area contributed by atoms with Crippen molar-refractivity contribution in [3.05, 3.63) is 35.9 Å². The average molecular weight is 234 g/mol. The van der Waals surface area contributed by atoms with E-state index in [-0.39, 0.29) is 0 Å². The lowest BCUT2D eigenvalue weighted by Gasteiger charge is -2.05. The Hall–Kier alpha value is -1.84. The summed E-state index contributed by atoms with van der Waals surface area (Å²) in [4.78, 5) is 15.3. The Morgan fingerprint density at radius 1 is 1.41 bits per heavy atom. The first-order chi connectivity index (χ1) is 8.33. The van der Waals surface area contributed by atoms with Crippen LogP contribution in [0.5, 0.6) is 0 Å². The van der Waals surface area contributed by atoms with Crippen molar-refractivity contribution in [2.75, 3.05) is 13.1 Å². The Morgan fingerprint density at radius 3 is 2.88 bits per heavy atom. The van der Waals surface area contributed by atoms with Crippen LogP contribution in [0.2, 0.25) is 0 Å². The number of nitrogens with zero attached hydrogens (tertiary/aromatic N) is 1. The van der Waals surface area contributed by atoms with Crippen LogP contribution in [-0.4, -0.2) is 25.4 Å². The summed E-state index contributed by atoms with van der Waals surface area (Å²) in [7, 11) is 0. The molecule has 1 N–H and O–H groups in total. The average Bonchev–Trinajstić information content (AvgIpc) is 2.37. The van der Waals surface area contributed by atoms with Crippen LogP contribution in [0.3, 0.4) is 0 Å². The number of alkyl carbamates (subject to hydrolysis) is 1. The van der Waals surface area contributed by atoms with Crippen LogP contribution >= 0.6 is 0 Å². The number of hydrogen-bond donors (Lipinski definition) is 1. The van der Waals surface area contributed by atoms with Gasteiger partial charge < -0.3 is 10.1 Å². The molecule has 0 bridgehead atoms. The molecule has 4 heteroatoms. The van der Waals surface area contributed by atoms with E-state index in [4.69, 9.17) is 4.74 Å². The fourth-order valence-corrected chi connectivity index (χ4v) is 1.23. The molecule has 0 unspecified atom stereocenters. The largest absolute Gasteiger partial charge is 0.445 e.